The molecule has 1 amide bonds. The smallest absolute Gasteiger partial charge is 0.253 e. The first kappa shape index (κ1) is 15.8. The number of phenolic OH excluding ortho intramolecular Hbond substituents is 1. The highest BCUT2D eigenvalue weighted by molar-refractivity contribution is 6.12. The van der Waals surface area contributed by atoms with Crippen LogP contribution in [-0.2, 0) is 0 Å². The third-order valence-corrected chi connectivity index (χ3v) is 4.56. The molecular weight excluding hydrogens is 332 g/mol. The predicted octanol–water partition coefficient (Wildman–Crippen LogP) is 1.97. The zero-order valence-electron chi connectivity index (χ0n) is 14.2. The molecule has 0 unspecified atom stereocenters. The molecule has 0 aliphatic heterocycles. The van der Waals surface area contributed by atoms with Gasteiger partial charge < -0.3 is 16.6 Å². The van der Waals surface area contributed by atoms with Crippen LogP contribution in [-0.4, -0.2) is 30.8 Å². The fourth-order valence-electron chi connectivity index (χ4n) is 3.30. The number of aromatic nitrogens is 4. The average molecular weight is 348 g/mol. The first-order chi connectivity index (χ1) is 12.4. The maximum Gasteiger partial charge on any atom is 0.253 e. The lowest BCUT2D eigenvalue weighted by Gasteiger charge is -2.15. The molecule has 0 aliphatic rings. The number of nitrogens with two attached hydrogens (primary N) is 2. The Morgan fingerprint density at radius 2 is 1.92 bits per heavy atom. The fourth-order valence-corrected chi connectivity index (χ4v) is 3.30. The molecule has 130 valence electrons. The lowest BCUT2D eigenvalue weighted by Crippen LogP contribution is -2.14. The lowest BCUT2D eigenvalue weighted by atomic mass is 10.1. The van der Waals surface area contributed by atoms with E-state index in [1.165, 1.54) is 6.20 Å². The summed E-state index contributed by atoms with van der Waals surface area (Å²) in [4.78, 5) is 16.7. The van der Waals surface area contributed by atoms with Crippen molar-refractivity contribution in [2.75, 3.05) is 5.73 Å². The summed E-state index contributed by atoms with van der Waals surface area (Å²) in [5.74, 6) is -0.350. The van der Waals surface area contributed by atoms with Gasteiger partial charge in [-0.1, -0.05) is 6.07 Å². The van der Waals surface area contributed by atoms with Crippen LogP contribution in [0.15, 0.2) is 30.6 Å². The molecule has 4 rings (SSSR count). The highest BCUT2D eigenvalue weighted by Gasteiger charge is 2.24. The number of fused-ring (bicyclic) bond motifs is 2. The highest BCUT2D eigenvalue weighted by atomic mass is 16.3. The van der Waals surface area contributed by atoms with E-state index >= 15 is 0 Å². The van der Waals surface area contributed by atoms with Gasteiger partial charge in [0.25, 0.3) is 5.91 Å². The quantitative estimate of drug-likeness (QED) is 0.507. The molecule has 8 heteroatoms. The minimum atomic E-state index is -0.648. The number of primary amides is 1. The first-order valence-electron chi connectivity index (χ1n) is 7.90. The average Bonchev–Trinajstić information content (AvgIpc) is 2.88. The van der Waals surface area contributed by atoms with Gasteiger partial charge in [0.1, 0.15) is 17.2 Å². The van der Waals surface area contributed by atoms with Crippen LogP contribution in [0.4, 0.5) is 5.82 Å². The number of anilines is 1. The summed E-state index contributed by atoms with van der Waals surface area (Å²) < 4.78 is 1.65. The zero-order valence-corrected chi connectivity index (χ0v) is 14.2. The van der Waals surface area contributed by atoms with E-state index in [1.54, 1.807) is 35.9 Å². The minimum absolute atomic E-state index is 0.124. The van der Waals surface area contributed by atoms with Crippen molar-refractivity contribution in [3.63, 3.8) is 0 Å². The van der Waals surface area contributed by atoms with Crippen molar-refractivity contribution in [3.8, 4) is 11.4 Å². The van der Waals surface area contributed by atoms with Gasteiger partial charge in [0, 0.05) is 16.3 Å². The molecule has 0 radical (unpaired) electrons. The third-order valence-electron chi connectivity index (χ3n) is 4.56. The van der Waals surface area contributed by atoms with Gasteiger partial charge in [-0.15, -0.1) is 0 Å². The van der Waals surface area contributed by atoms with E-state index in [-0.39, 0.29) is 17.1 Å². The molecule has 3 aromatic heterocycles. The van der Waals surface area contributed by atoms with Crippen molar-refractivity contribution in [2.24, 2.45) is 5.73 Å². The number of nitrogens with zero attached hydrogens (tertiary/aromatic N) is 4. The maximum atomic E-state index is 12.1. The minimum Gasteiger partial charge on any atom is -0.508 e. The van der Waals surface area contributed by atoms with Crippen LogP contribution < -0.4 is 11.5 Å². The molecule has 8 nitrogen and oxygen atoms in total. The van der Waals surface area contributed by atoms with Crippen molar-refractivity contribution in [3.05, 3.63) is 47.3 Å². The summed E-state index contributed by atoms with van der Waals surface area (Å²) in [6.45, 7) is 3.67. The number of pyridine rings is 1. The van der Waals surface area contributed by atoms with E-state index in [2.05, 4.69) is 15.2 Å². The Morgan fingerprint density at radius 3 is 2.65 bits per heavy atom. The van der Waals surface area contributed by atoms with E-state index in [9.17, 15) is 9.90 Å². The molecule has 0 atom stereocenters. The molecule has 0 aliphatic carbocycles. The Morgan fingerprint density at radius 1 is 1.19 bits per heavy atom. The van der Waals surface area contributed by atoms with E-state index in [1.807, 2.05) is 6.92 Å². The standard InChI is InChI=1S/C18H16N6O2/c1-8-3-4-13(25)9(2)15(8)24-16(19)14(17(20)26)11-5-10-6-21-22-7-12(10)23-18(11)24/h3-7,25H,19H2,1-2H3,(H2,20,26). The fraction of sp³-hybridized carbons (Fsp3) is 0.111. The van der Waals surface area contributed by atoms with Crippen LogP contribution in [0, 0.1) is 13.8 Å². The number of carbonyl (C=O) groups excluding carboxylic acids is 1. The van der Waals surface area contributed by atoms with Crippen LogP contribution in [0.1, 0.15) is 21.5 Å². The largest absolute Gasteiger partial charge is 0.508 e. The van der Waals surface area contributed by atoms with Crippen LogP contribution >= 0.6 is 0 Å². The molecule has 26 heavy (non-hydrogen) atoms. The summed E-state index contributed by atoms with van der Waals surface area (Å²) >= 11 is 0. The van der Waals surface area contributed by atoms with Gasteiger partial charge in [-0.2, -0.15) is 10.2 Å². The Balaban J connectivity index is 2.23. The molecule has 5 N–H and O–H groups in total. The number of aromatic hydroxyl groups is 1. The summed E-state index contributed by atoms with van der Waals surface area (Å²) in [6.07, 6.45) is 3.10. The number of hydrogen-bond acceptors (Lipinski definition) is 6. The van der Waals surface area contributed by atoms with Crippen LogP contribution in [0.5, 0.6) is 5.75 Å². The van der Waals surface area contributed by atoms with Crippen LogP contribution in [0.2, 0.25) is 0 Å². The normalized spacial score (nSPS) is 11.3. The molecule has 0 saturated heterocycles. The molecule has 0 bridgehead atoms. The maximum absolute atomic E-state index is 12.1. The van der Waals surface area contributed by atoms with Gasteiger partial charge in [0.2, 0.25) is 0 Å². The number of aryl methyl sites for hydroxylation is 1. The summed E-state index contributed by atoms with van der Waals surface area (Å²) in [7, 11) is 0. The summed E-state index contributed by atoms with van der Waals surface area (Å²) in [5, 5.41) is 19.1. The van der Waals surface area contributed by atoms with E-state index in [0.717, 1.165) is 10.9 Å². The van der Waals surface area contributed by atoms with E-state index in [0.29, 0.717) is 27.8 Å². The number of rotatable bonds is 2. The second-order valence-corrected chi connectivity index (χ2v) is 6.16. The molecule has 3 heterocycles. The lowest BCUT2D eigenvalue weighted by molar-refractivity contribution is 0.100. The van der Waals surface area contributed by atoms with Gasteiger partial charge in [0.15, 0.2) is 0 Å². The van der Waals surface area contributed by atoms with Crippen molar-refractivity contribution in [1.29, 1.82) is 0 Å². The van der Waals surface area contributed by atoms with Crippen molar-refractivity contribution in [1.82, 2.24) is 19.7 Å². The molecular formula is C18H16N6O2. The van der Waals surface area contributed by atoms with Gasteiger partial charge in [-0.25, -0.2) is 4.98 Å². The monoisotopic (exact) mass is 348 g/mol. The predicted molar refractivity (Wildman–Crippen MR) is 98.2 cm³/mol. The number of nitrogen functional groups attached to an aromatic ring is 1. The first-order valence-corrected chi connectivity index (χ1v) is 7.90. The Bertz CT molecular complexity index is 1210. The second-order valence-electron chi connectivity index (χ2n) is 6.16. The topological polar surface area (TPSA) is 133 Å². The second kappa shape index (κ2) is 5.41. The Labute approximate surface area is 148 Å². The van der Waals surface area contributed by atoms with Crippen LogP contribution in [0.25, 0.3) is 27.6 Å². The van der Waals surface area contributed by atoms with E-state index < -0.39 is 5.91 Å². The molecule has 0 spiro atoms. The number of amides is 1. The van der Waals surface area contributed by atoms with Crippen molar-refractivity contribution < 1.29 is 9.90 Å². The number of hydrogen-bond donors (Lipinski definition) is 3. The Kier molecular flexibility index (Phi) is 3.30. The van der Waals surface area contributed by atoms with E-state index in [4.69, 9.17) is 11.5 Å². The van der Waals surface area contributed by atoms with Gasteiger partial charge in [0.05, 0.1) is 29.2 Å². The number of benzene rings is 1. The van der Waals surface area contributed by atoms with Crippen molar-refractivity contribution >= 4 is 33.7 Å². The summed E-state index contributed by atoms with van der Waals surface area (Å²) in [5.41, 5.74) is 15.3. The third kappa shape index (κ3) is 2.08. The Hall–Kier alpha value is -3.68. The highest BCUT2D eigenvalue weighted by Crippen LogP contribution is 2.36. The van der Waals surface area contributed by atoms with Gasteiger partial charge in [-0.05, 0) is 31.5 Å². The van der Waals surface area contributed by atoms with Gasteiger partial charge in [-0.3, -0.25) is 9.36 Å². The molecule has 4 aromatic rings. The van der Waals surface area contributed by atoms with Crippen molar-refractivity contribution in [2.45, 2.75) is 13.8 Å². The SMILES string of the molecule is Cc1ccc(O)c(C)c1-n1c(N)c(C(N)=O)c2cc3cnncc3nc21. The number of phenols is 1. The van der Waals surface area contributed by atoms with Gasteiger partial charge >= 0.3 is 0 Å². The zero-order chi connectivity index (χ0) is 18.6. The summed E-state index contributed by atoms with van der Waals surface area (Å²) in [6, 6.07) is 5.16. The molecule has 0 fully saturated rings. The molecule has 1 aromatic carbocycles. The van der Waals surface area contributed by atoms with Crippen LogP contribution in [0.3, 0.4) is 0 Å². The molecule has 0 saturated carbocycles. The number of carbonyl (C=O) groups is 1.